The lowest BCUT2D eigenvalue weighted by Crippen LogP contribution is -2.40. The first-order chi connectivity index (χ1) is 11.0. The largest absolute Gasteiger partial charge is 0.345 e. The van der Waals surface area contributed by atoms with Gasteiger partial charge in [-0.3, -0.25) is 4.79 Å². The van der Waals surface area contributed by atoms with Crippen molar-refractivity contribution in [1.29, 1.82) is 0 Å². The summed E-state index contributed by atoms with van der Waals surface area (Å²) in [7, 11) is 0. The Morgan fingerprint density at radius 3 is 2.91 bits per heavy atom. The predicted molar refractivity (Wildman–Crippen MR) is 79.1 cm³/mol. The van der Waals surface area contributed by atoms with Crippen LogP contribution >= 0.6 is 0 Å². The number of halogens is 2. The van der Waals surface area contributed by atoms with Crippen LogP contribution in [-0.2, 0) is 0 Å². The smallest absolute Gasteiger partial charge is 0.338 e. The van der Waals surface area contributed by atoms with E-state index in [2.05, 4.69) is 9.97 Å². The number of H-pyrrole nitrogens is 1. The number of hydrogen-bond acceptors (Lipinski definition) is 3. The van der Waals surface area contributed by atoms with Gasteiger partial charge in [-0.05, 0) is 37.1 Å². The van der Waals surface area contributed by atoms with E-state index < -0.39 is 23.2 Å². The summed E-state index contributed by atoms with van der Waals surface area (Å²) in [6.45, 7) is 0.815. The average molecular weight is 319 g/mol. The SMILES string of the molecule is O=C(c1cc(F)ccc1F)N1CCC[C@@H](c2ccnc(=O)[nH]2)C1. The maximum Gasteiger partial charge on any atom is 0.345 e. The van der Waals surface area contributed by atoms with Crippen molar-refractivity contribution in [3.63, 3.8) is 0 Å². The molecular formula is C16H15F2N3O2. The number of carbonyl (C=O) groups is 1. The van der Waals surface area contributed by atoms with Crippen LogP contribution in [-0.4, -0.2) is 33.9 Å². The quantitative estimate of drug-likeness (QED) is 0.921. The maximum atomic E-state index is 13.8. The molecule has 1 atom stereocenters. The van der Waals surface area contributed by atoms with Crippen molar-refractivity contribution in [3.05, 3.63) is 63.8 Å². The molecule has 5 nitrogen and oxygen atoms in total. The molecule has 0 aliphatic carbocycles. The van der Waals surface area contributed by atoms with Crippen LogP contribution in [0.15, 0.2) is 35.3 Å². The van der Waals surface area contributed by atoms with Crippen LogP contribution in [0.2, 0.25) is 0 Å². The predicted octanol–water partition coefficient (Wildman–Crippen LogP) is 2.07. The normalized spacial score (nSPS) is 18.0. The summed E-state index contributed by atoms with van der Waals surface area (Å²) in [4.78, 5) is 31.5. The molecule has 1 fully saturated rings. The fraction of sp³-hybridized carbons (Fsp3) is 0.312. The molecule has 7 heteroatoms. The molecule has 0 saturated carbocycles. The van der Waals surface area contributed by atoms with Gasteiger partial charge in [0.1, 0.15) is 11.6 Å². The van der Waals surface area contributed by atoms with Gasteiger partial charge in [0.15, 0.2) is 0 Å². The minimum atomic E-state index is -0.740. The second-order valence-electron chi connectivity index (χ2n) is 5.54. The Kier molecular flexibility index (Phi) is 4.18. The first-order valence-corrected chi connectivity index (χ1v) is 7.34. The molecule has 3 rings (SSSR count). The highest BCUT2D eigenvalue weighted by Crippen LogP contribution is 2.26. The number of nitrogens with zero attached hydrogens (tertiary/aromatic N) is 2. The van der Waals surface area contributed by atoms with Crippen LogP contribution in [0.25, 0.3) is 0 Å². The number of piperidine rings is 1. The Morgan fingerprint density at radius 2 is 2.13 bits per heavy atom. The summed E-state index contributed by atoms with van der Waals surface area (Å²) in [6, 6.07) is 4.54. The summed E-state index contributed by atoms with van der Waals surface area (Å²) in [5.74, 6) is -1.99. The minimum absolute atomic E-state index is 0.0555. The number of hydrogen-bond donors (Lipinski definition) is 1. The molecule has 1 aromatic carbocycles. The lowest BCUT2D eigenvalue weighted by Gasteiger charge is -2.32. The second-order valence-corrected chi connectivity index (χ2v) is 5.54. The van der Waals surface area contributed by atoms with E-state index >= 15 is 0 Å². The van der Waals surface area contributed by atoms with Gasteiger partial charge in [-0.1, -0.05) is 0 Å². The summed E-state index contributed by atoms with van der Waals surface area (Å²) >= 11 is 0. The van der Waals surface area contributed by atoms with Crippen molar-refractivity contribution in [2.24, 2.45) is 0 Å². The summed E-state index contributed by atoms with van der Waals surface area (Å²) < 4.78 is 27.1. The third-order valence-electron chi connectivity index (χ3n) is 4.00. The Hall–Kier alpha value is -2.57. The average Bonchev–Trinajstić information content (AvgIpc) is 2.56. The zero-order chi connectivity index (χ0) is 16.4. The molecule has 23 heavy (non-hydrogen) atoms. The molecule has 1 saturated heterocycles. The minimum Gasteiger partial charge on any atom is -0.338 e. The van der Waals surface area contributed by atoms with Crippen molar-refractivity contribution >= 4 is 5.91 Å². The highest BCUT2D eigenvalue weighted by atomic mass is 19.1. The lowest BCUT2D eigenvalue weighted by atomic mass is 9.94. The van der Waals surface area contributed by atoms with E-state index in [4.69, 9.17) is 0 Å². The van der Waals surface area contributed by atoms with Gasteiger partial charge in [0.25, 0.3) is 5.91 Å². The van der Waals surface area contributed by atoms with E-state index in [0.29, 0.717) is 18.8 Å². The number of likely N-dealkylation sites (tertiary alicyclic amines) is 1. The monoisotopic (exact) mass is 319 g/mol. The molecule has 2 heterocycles. The fourth-order valence-corrected chi connectivity index (χ4v) is 2.87. The molecular weight excluding hydrogens is 304 g/mol. The van der Waals surface area contributed by atoms with Gasteiger partial charge in [-0.2, -0.15) is 0 Å². The van der Waals surface area contributed by atoms with Crippen molar-refractivity contribution in [3.8, 4) is 0 Å². The molecule has 120 valence electrons. The highest BCUT2D eigenvalue weighted by Gasteiger charge is 2.27. The number of nitrogens with one attached hydrogen (secondary N) is 1. The third kappa shape index (κ3) is 3.28. The van der Waals surface area contributed by atoms with Crippen LogP contribution < -0.4 is 5.69 Å². The summed E-state index contributed by atoms with van der Waals surface area (Å²) in [5, 5.41) is 0. The van der Waals surface area contributed by atoms with Gasteiger partial charge in [0, 0.05) is 30.9 Å². The van der Waals surface area contributed by atoms with E-state index in [1.54, 1.807) is 6.07 Å². The lowest BCUT2D eigenvalue weighted by molar-refractivity contribution is 0.0700. The van der Waals surface area contributed by atoms with Crippen LogP contribution in [0.5, 0.6) is 0 Å². The zero-order valence-electron chi connectivity index (χ0n) is 12.3. The van der Waals surface area contributed by atoms with Crippen LogP contribution in [0.3, 0.4) is 0 Å². The van der Waals surface area contributed by atoms with E-state index in [1.165, 1.54) is 11.1 Å². The van der Waals surface area contributed by atoms with E-state index in [0.717, 1.165) is 31.0 Å². The van der Waals surface area contributed by atoms with Crippen molar-refractivity contribution < 1.29 is 13.6 Å². The van der Waals surface area contributed by atoms with Gasteiger partial charge in [0.05, 0.1) is 5.56 Å². The Balaban J connectivity index is 1.82. The van der Waals surface area contributed by atoms with E-state index in [-0.39, 0.29) is 11.5 Å². The summed E-state index contributed by atoms with van der Waals surface area (Å²) in [6.07, 6.45) is 2.94. The number of amides is 1. The van der Waals surface area contributed by atoms with Crippen LogP contribution in [0.1, 0.15) is 34.8 Å². The first-order valence-electron chi connectivity index (χ1n) is 7.34. The summed E-state index contributed by atoms with van der Waals surface area (Å²) in [5.41, 5.74) is -0.0155. The molecule has 1 N–H and O–H groups in total. The number of aromatic nitrogens is 2. The van der Waals surface area contributed by atoms with Crippen molar-refractivity contribution in [1.82, 2.24) is 14.9 Å². The van der Waals surface area contributed by atoms with Crippen LogP contribution in [0.4, 0.5) is 8.78 Å². The number of aromatic amines is 1. The maximum absolute atomic E-state index is 13.8. The molecule has 1 aliphatic heterocycles. The van der Waals surface area contributed by atoms with E-state index in [9.17, 15) is 18.4 Å². The standard InChI is InChI=1S/C16H15F2N3O2/c17-11-3-4-13(18)12(8-11)15(22)21-7-1-2-10(9-21)14-5-6-19-16(23)20-14/h3-6,8,10H,1-2,7,9H2,(H,19,20,23)/t10-/m1/s1. The molecule has 0 spiro atoms. The van der Waals surface area contributed by atoms with Gasteiger partial charge in [-0.25, -0.2) is 18.6 Å². The topological polar surface area (TPSA) is 66.1 Å². The number of benzene rings is 1. The zero-order valence-corrected chi connectivity index (χ0v) is 12.3. The third-order valence-corrected chi connectivity index (χ3v) is 4.00. The van der Waals surface area contributed by atoms with Gasteiger partial charge in [0.2, 0.25) is 0 Å². The van der Waals surface area contributed by atoms with Gasteiger partial charge >= 0.3 is 5.69 Å². The first kappa shape index (κ1) is 15.3. The van der Waals surface area contributed by atoms with E-state index in [1.807, 2.05) is 0 Å². The highest BCUT2D eigenvalue weighted by molar-refractivity contribution is 5.94. The van der Waals surface area contributed by atoms with Crippen molar-refractivity contribution in [2.75, 3.05) is 13.1 Å². The van der Waals surface area contributed by atoms with Crippen LogP contribution in [0, 0.1) is 11.6 Å². The molecule has 0 bridgehead atoms. The Morgan fingerprint density at radius 1 is 1.30 bits per heavy atom. The second kappa shape index (κ2) is 6.28. The molecule has 1 aromatic heterocycles. The molecule has 2 aromatic rings. The van der Waals surface area contributed by atoms with Gasteiger partial charge in [-0.15, -0.1) is 0 Å². The van der Waals surface area contributed by atoms with Gasteiger partial charge < -0.3 is 9.88 Å². The number of rotatable bonds is 2. The molecule has 1 amide bonds. The molecule has 1 aliphatic rings. The molecule has 0 radical (unpaired) electrons. The number of carbonyl (C=O) groups excluding carboxylic acids is 1. The fourth-order valence-electron chi connectivity index (χ4n) is 2.87. The Bertz CT molecular complexity index is 791. The van der Waals surface area contributed by atoms with Crippen molar-refractivity contribution in [2.45, 2.75) is 18.8 Å². The Labute approximate surface area is 131 Å². The molecule has 0 unspecified atom stereocenters.